The van der Waals surface area contributed by atoms with Gasteiger partial charge in [0.1, 0.15) is 12.4 Å². The summed E-state index contributed by atoms with van der Waals surface area (Å²) >= 11 is 3.56. The number of halogens is 1. The fourth-order valence-corrected chi connectivity index (χ4v) is 3.33. The number of nitrogens with two attached hydrogens (primary N) is 1. The number of ether oxygens (including phenoxy) is 3. The van der Waals surface area contributed by atoms with Crippen LogP contribution in [0.5, 0.6) is 5.75 Å². The van der Waals surface area contributed by atoms with Gasteiger partial charge in [-0.2, -0.15) is 0 Å². The molecule has 0 aliphatic carbocycles. The zero-order valence-corrected chi connectivity index (χ0v) is 14.3. The summed E-state index contributed by atoms with van der Waals surface area (Å²) in [4.78, 5) is 0. The summed E-state index contributed by atoms with van der Waals surface area (Å²) in [7, 11) is 1.66. The molecule has 1 aliphatic rings. The van der Waals surface area contributed by atoms with Crippen LogP contribution in [-0.4, -0.2) is 33.0 Å². The molecule has 5 heteroatoms. The predicted molar refractivity (Wildman–Crippen MR) is 86.6 cm³/mol. The number of benzene rings is 1. The van der Waals surface area contributed by atoms with Crippen LogP contribution in [0.3, 0.4) is 0 Å². The zero-order chi connectivity index (χ0) is 15.2. The maximum Gasteiger partial charge on any atom is 0.133 e. The molecule has 0 spiro atoms. The van der Waals surface area contributed by atoms with Crippen molar-refractivity contribution in [2.45, 2.75) is 31.9 Å². The lowest BCUT2D eigenvalue weighted by atomic mass is 9.87. The fraction of sp³-hybridized carbons (Fsp3) is 0.625. The van der Waals surface area contributed by atoms with E-state index in [1.807, 2.05) is 12.1 Å². The number of methoxy groups -OCH3 is 1. The summed E-state index contributed by atoms with van der Waals surface area (Å²) in [5.74, 6) is 1.21. The zero-order valence-electron chi connectivity index (χ0n) is 12.7. The molecule has 4 nitrogen and oxygen atoms in total. The maximum absolute atomic E-state index is 6.45. The molecule has 0 aromatic heterocycles. The summed E-state index contributed by atoms with van der Waals surface area (Å²) in [6, 6.07) is 6.06. The van der Waals surface area contributed by atoms with Crippen molar-refractivity contribution in [1.82, 2.24) is 0 Å². The van der Waals surface area contributed by atoms with E-state index in [1.165, 1.54) is 0 Å². The Bertz CT molecular complexity index is 455. The SMILES string of the molecule is CCC1OCCC1C(N)c1ccc(OCCOC)c(Br)c1. The molecule has 3 unspecified atom stereocenters. The van der Waals surface area contributed by atoms with Gasteiger partial charge in [-0.25, -0.2) is 0 Å². The Labute approximate surface area is 135 Å². The van der Waals surface area contributed by atoms with Crippen molar-refractivity contribution in [3.8, 4) is 5.75 Å². The van der Waals surface area contributed by atoms with Crippen LogP contribution in [0.25, 0.3) is 0 Å². The normalized spacial score (nSPS) is 23.2. The van der Waals surface area contributed by atoms with Gasteiger partial charge in [-0.3, -0.25) is 0 Å². The lowest BCUT2D eigenvalue weighted by Gasteiger charge is -2.24. The minimum Gasteiger partial charge on any atom is -0.490 e. The van der Waals surface area contributed by atoms with E-state index in [1.54, 1.807) is 7.11 Å². The third kappa shape index (κ3) is 4.19. The second kappa shape index (κ2) is 8.13. The molecule has 0 saturated carbocycles. The van der Waals surface area contributed by atoms with Crippen molar-refractivity contribution in [2.24, 2.45) is 11.7 Å². The van der Waals surface area contributed by atoms with Crippen molar-refractivity contribution in [1.29, 1.82) is 0 Å². The van der Waals surface area contributed by atoms with Crippen molar-refractivity contribution in [3.05, 3.63) is 28.2 Å². The molecule has 118 valence electrons. The Morgan fingerprint density at radius 2 is 2.24 bits per heavy atom. The molecule has 1 saturated heterocycles. The van der Waals surface area contributed by atoms with Crippen LogP contribution in [0.1, 0.15) is 31.4 Å². The standard InChI is InChI=1S/C16H24BrNO3/c1-3-14-12(6-7-20-14)16(18)11-4-5-15(13(17)10-11)21-9-8-19-2/h4-5,10,12,14,16H,3,6-9,18H2,1-2H3. The Morgan fingerprint density at radius 3 is 2.90 bits per heavy atom. The van der Waals surface area contributed by atoms with Gasteiger partial charge in [-0.1, -0.05) is 13.0 Å². The van der Waals surface area contributed by atoms with Crippen LogP contribution >= 0.6 is 15.9 Å². The van der Waals surface area contributed by atoms with Crippen LogP contribution in [0.4, 0.5) is 0 Å². The third-order valence-corrected chi connectivity index (χ3v) is 4.63. The van der Waals surface area contributed by atoms with E-state index in [9.17, 15) is 0 Å². The lowest BCUT2D eigenvalue weighted by molar-refractivity contribution is 0.0813. The summed E-state index contributed by atoms with van der Waals surface area (Å²) in [5, 5.41) is 0. The quantitative estimate of drug-likeness (QED) is 0.760. The molecule has 1 aliphatic heterocycles. The molecule has 1 fully saturated rings. The number of hydrogen-bond donors (Lipinski definition) is 1. The number of hydrogen-bond acceptors (Lipinski definition) is 4. The molecular formula is C16H24BrNO3. The Morgan fingerprint density at radius 1 is 1.43 bits per heavy atom. The first kappa shape index (κ1) is 16.7. The molecule has 2 rings (SSSR count). The van der Waals surface area contributed by atoms with Gasteiger partial charge in [-0.15, -0.1) is 0 Å². The highest BCUT2D eigenvalue weighted by Crippen LogP contribution is 2.36. The van der Waals surface area contributed by atoms with E-state index < -0.39 is 0 Å². The summed E-state index contributed by atoms with van der Waals surface area (Å²) in [6.07, 6.45) is 2.32. The molecule has 1 aromatic carbocycles. The first-order valence-electron chi connectivity index (χ1n) is 7.45. The van der Waals surface area contributed by atoms with Gasteiger partial charge in [0.15, 0.2) is 0 Å². The minimum absolute atomic E-state index is 0.00164. The van der Waals surface area contributed by atoms with Crippen LogP contribution in [0.15, 0.2) is 22.7 Å². The van der Waals surface area contributed by atoms with Gasteiger partial charge >= 0.3 is 0 Å². The Kier molecular flexibility index (Phi) is 6.48. The molecule has 21 heavy (non-hydrogen) atoms. The molecule has 2 N–H and O–H groups in total. The van der Waals surface area contributed by atoms with Gasteiger partial charge in [0, 0.05) is 25.7 Å². The minimum atomic E-state index is 0.00164. The molecule has 1 heterocycles. The predicted octanol–water partition coefficient (Wildman–Crippen LogP) is 3.29. The number of rotatable bonds is 7. The highest BCUT2D eigenvalue weighted by Gasteiger charge is 2.32. The average Bonchev–Trinajstić information content (AvgIpc) is 2.96. The molecule has 0 amide bonds. The van der Waals surface area contributed by atoms with Gasteiger partial charge in [0.25, 0.3) is 0 Å². The molecule has 0 bridgehead atoms. The van der Waals surface area contributed by atoms with Crippen molar-refractivity contribution >= 4 is 15.9 Å². The fourth-order valence-electron chi connectivity index (χ4n) is 2.82. The summed E-state index contributed by atoms with van der Waals surface area (Å²) in [6.45, 7) is 4.08. The van der Waals surface area contributed by atoms with Gasteiger partial charge in [0.05, 0.1) is 17.2 Å². The first-order valence-corrected chi connectivity index (χ1v) is 8.25. The van der Waals surface area contributed by atoms with Gasteiger partial charge in [0.2, 0.25) is 0 Å². The van der Waals surface area contributed by atoms with Crippen molar-refractivity contribution in [2.75, 3.05) is 26.9 Å². The topological polar surface area (TPSA) is 53.7 Å². The maximum atomic E-state index is 6.45. The van der Waals surface area contributed by atoms with E-state index in [2.05, 4.69) is 28.9 Å². The smallest absolute Gasteiger partial charge is 0.133 e. The first-order chi connectivity index (χ1) is 10.2. The van der Waals surface area contributed by atoms with E-state index in [4.69, 9.17) is 19.9 Å². The highest BCUT2D eigenvalue weighted by atomic mass is 79.9. The van der Waals surface area contributed by atoms with Crippen LogP contribution in [-0.2, 0) is 9.47 Å². The van der Waals surface area contributed by atoms with E-state index in [-0.39, 0.29) is 12.1 Å². The van der Waals surface area contributed by atoms with Crippen LogP contribution in [0.2, 0.25) is 0 Å². The second-order valence-electron chi connectivity index (χ2n) is 5.33. The summed E-state index contributed by atoms with van der Waals surface area (Å²) in [5.41, 5.74) is 7.57. The Balaban J connectivity index is 2.04. The molecular weight excluding hydrogens is 334 g/mol. The summed E-state index contributed by atoms with van der Waals surface area (Å²) < 4.78 is 17.3. The largest absolute Gasteiger partial charge is 0.490 e. The highest BCUT2D eigenvalue weighted by molar-refractivity contribution is 9.10. The molecule has 0 radical (unpaired) electrons. The second-order valence-corrected chi connectivity index (χ2v) is 6.18. The van der Waals surface area contributed by atoms with Gasteiger partial charge in [-0.05, 0) is 46.5 Å². The van der Waals surface area contributed by atoms with Crippen molar-refractivity contribution in [3.63, 3.8) is 0 Å². The third-order valence-electron chi connectivity index (χ3n) is 4.01. The van der Waals surface area contributed by atoms with E-state index >= 15 is 0 Å². The van der Waals surface area contributed by atoms with E-state index in [0.717, 1.165) is 35.2 Å². The monoisotopic (exact) mass is 357 g/mol. The Hall–Kier alpha value is -0.620. The van der Waals surface area contributed by atoms with Crippen LogP contribution < -0.4 is 10.5 Å². The van der Waals surface area contributed by atoms with Crippen molar-refractivity contribution < 1.29 is 14.2 Å². The molecule has 1 aromatic rings. The lowest BCUT2D eigenvalue weighted by Crippen LogP contribution is -2.28. The average molecular weight is 358 g/mol. The molecule has 3 atom stereocenters. The van der Waals surface area contributed by atoms with E-state index in [0.29, 0.717) is 19.1 Å². The van der Waals surface area contributed by atoms with Crippen LogP contribution in [0, 0.1) is 5.92 Å². The van der Waals surface area contributed by atoms with Gasteiger partial charge < -0.3 is 19.9 Å².